The molecule has 0 spiro atoms. The Morgan fingerprint density at radius 1 is 1.15 bits per heavy atom. The van der Waals surface area contributed by atoms with Crippen LogP contribution in [0.25, 0.3) is 0 Å². The van der Waals surface area contributed by atoms with Crippen LogP contribution in [-0.2, 0) is 0 Å². The molecule has 0 saturated carbocycles. The molecule has 110 valence electrons. The molecule has 1 aromatic carbocycles. The predicted molar refractivity (Wildman–Crippen MR) is 80.2 cm³/mol. The summed E-state index contributed by atoms with van der Waals surface area (Å²) in [5.74, 6) is -0.143. The minimum atomic E-state index is -0.143. The summed E-state index contributed by atoms with van der Waals surface area (Å²) in [5, 5.41) is 3.46. The lowest BCUT2D eigenvalue weighted by molar-refractivity contribution is -0.00517. The molecule has 1 aromatic rings. The quantitative estimate of drug-likeness (QED) is 0.909. The van der Waals surface area contributed by atoms with Crippen LogP contribution in [0.4, 0.5) is 4.39 Å². The number of hydrogen-bond donors (Lipinski definition) is 1. The Hall–Kier alpha value is -0.930. The first-order chi connectivity index (χ1) is 9.69. The van der Waals surface area contributed by atoms with Crippen molar-refractivity contribution < 1.29 is 4.39 Å². The van der Waals surface area contributed by atoms with Gasteiger partial charge in [0.15, 0.2) is 0 Å². The van der Waals surface area contributed by atoms with Gasteiger partial charge in [0.1, 0.15) is 5.82 Å². The van der Waals surface area contributed by atoms with Gasteiger partial charge in [0.2, 0.25) is 0 Å². The second-order valence-corrected chi connectivity index (χ2v) is 6.37. The van der Waals surface area contributed by atoms with Crippen LogP contribution in [0, 0.1) is 5.82 Å². The van der Waals surface area contributed by atoms with Crippen molar-refractivity contribution in [3.05, 3.63) is 35.6 Å². The maximum atomic E-state index is 13.1. The van der Waals surface area contributed by atoms with E-state index >= 15 is 0 Å². The minimum absolute atomic E-state index is 0.143. The van der Waals surface area contributed by atoms with Gasteiger partial charge in [-0.3, -0.25) is 4.90 Å². The highest BCUT2D eigenvalue weighted by atomic mass is 19.1. The molecule has 2 aliphatic heterocycles. The lowest BCUT2D eigenvalue weighted by Crippen LogP contribution is -2.56. The van der Waals surface area contributed by atoms with Crippen molar-refractivity contribution in [1.29, 1.82) is 0 Å². The smallest absolute Gasteiger partial charge is 0.123 e. The van der Waals surface area contributed by atoms with Crippen molar-refractivity contribution in [2.45, 2.75) is 63.2 Å². The van der Waals surface area contributed by atoms with Crippen LogP contribution in [-0.4, -0.2) is 30.1 Å². The number of hydrogen-bond acceptors (Lipinski definition) is 2. The highest BCUT2D eigenvalue weighted by Crippen LogP contribution is 2.39. The Morgan fingerprint density at radius 3 is 2.30 bits per heavy atom. The van der Waals surface area contributed by atoms with E-state index in [9.17, 15) is 4.39 Å². The molecule has 0 aliphatic carbocycles. The van der Waals surface area contributed by atoms with Crippen LogP contribution >= 0.6 is 0 Å². The zero-order chi connectivity index (χ0) is 14.1. The maximum Gasteiger partial charge on any atom is 0.123 e. The van der Waals surface area contributed by atoms with Gasteiger partial charge in [-0.25, -0.2) is 4.39 Å². The van der Waals surface area contributed by atoms with E-state index in [0.717, 1.165) is 0 Å². The molecule has 2 heterocycles. The fraction of sp³-hybridized carbons (Fsp3) is 0.647. The van der Waals surface area contributed by atoms with Crippen molar-refractivity contribution >= 4 is 0 Å². The van der Waals surface area contributed by atoms with Crippen LogP contribution in [0.15, 0.2) is 24.3 Å². The lowest BCUT2D eigenvalue weighted by Gasteiger charge is -2.51. The molecule has 0 amide bonds. The summed E-state index contributed by atoms with van der Waals surface area (Å²) < 4.78 is 13.1. The van der Waals surface area contributed by atoms with Crippen molar-refractivity contribution in [1.82, 2.24) is 10.2 Å². The number of piperidine rings is 2. The molecule has 0 aromatic heterocycles. The maximum absolute atomic E-state index is 13.1. The van der Waals surface area contributed by atoms with E-state index in [1.807, 2.05) is 12.1 Å². The molecule has 2 nitrogen and oxygen atoms in total. The zero-order valence-corrected chi connectivity index (χ0v) is 12.5. The fourth-order valence-corrected chi connectivity index (χ4v) is 4.20. The van der Waals surface area contributed by atoms with Gasteiger partial charge in [-0.15, -0.1) is 0 Å². The molecule has 2 bridgehead atoms. The number of benzene rings is 1. The predicted octanol–water partition coefficient (Wildman–Crippen LogP) is 3.49. The van der Waals surface area contributed by atoms with E-state index in [4.69, 9.17) is 0 Å². The Balaban J connectivity index is 1.80. The van der Waals surface area contributed by atoms with E-state index in [1.54, 1.807) is 12.1 Å². The normalized spacial score (nSPS) is 32.0. The van der Waals surface area contributed by atoms with Crippen LogP contribution < -0.4 is 5.32 Å². The molecule has 3 unspecified atom stereocenters. The monoisotopic (exact) mass is 276 g/mol. The molecular formula is C17H25FN2. The van der Waals surface area contributed by atoms with Crippen molar-refractivity contribution in [2.75, 3.05) is 7.05 Å². The van der Waals surface area contributed by atoms with E-state index < -0.39 is 0 Å². The average molecular weight is 276 g/mol. The summed E-state index contributed by atoms with van der Waals surface area (Å²) in [6.45, 7) is 2.28. The third kappa shape index (κ3) is 2.61. The van der Waals surface area contributed by atoms with Crippen molar-refractivity contribution in [3.8, 4) is 0 Å². The Bertz CT molecular complexity index is 431. The molecule has 2 saturated heterocycles. The van der Waals surface area contributed by atoms with E-state index in [2.05, 4.69) is 24.2 Å². The van der Waals surface area contributed by atoms with Crippen molar-refractivity contribution in [2.24, 2.45) is 0 Å². The lowest BCUT2D eigenvalue weighted by atomic mass is 9.80. The molecule has 2 aliphatic rings. The third-order valence-corrected chi connectivity index (χ3v) is 5.24. The molecule has 3 atom stereocenters. The molecule has 3 heteroatoms. The Morgan fingerprint density at radius 2 is 1.75 bits per heavy atom. The van der Waals surface area contributed by atoms with Gasteiger partial charge in [0, 0.05) is 24.2 Å². The van der Waals surface area contributed by atoms with Crippen molar-refractivity contribution in [3.63, 3.8) is 0 Å². The molecule has 20 heavy (non-hydrogen) atoms. The molecule has 3 rings (SSSR count). The number of rotatable bonds is 3. The summed E-state index contributed by atoms with van der Waals surface area (Å²) in [6.07, 6.45) is 6.47. The molecule has 2 fully saturated rings. The Kier molecular flexibility index (Phi) is 4.08. The van der Waals surface area contributed by atoms with Gasteiger partial charge in [0.05, 0.1) is 0 Å². The van der Waals surface area contributed by atoms with Crippen LogP contribution in [0.1, 0.15) is 50.6 Å². The summed E-state index contributed by atoms with van der Waals surface area (Å²) in [6, 6.07) is 9.48. The first-order valence-electron chi connectivity index (χ1n) is 7.89. The van der Waals surface area contributed by atoms with Gasteiger partial charge in [-0.2, -0.15) is 0 Å². The van der Waals surface area contributed by atoms with Gasteiger partial charge in [0.25, 0.3) is 0 Å². The summed E-state index contributed by atoms with van der Waals surface area (Å²) in [5.41, 5.74) is 1.24. The van der Waals surface area contributed by atoms with Gasteiger partial charge in [-0.05, 0) is 57.4 Å². The van der Waals surface area contributed by atoms with Crippen LogP contribution in [0.2, 0.25) is 0 Å². The highest BCUT2D eigenvalue weighted by Gasteiger charge is 2.40. The first kappa shape index (κ1) is 14.0. The average Bonchev–Trinajstić information content (AvgIpc) is 2.46. The fourth-order valence-electron chi connectivity index (χ4n) is 4.20. The van der Waals surface area contributed by atoms with E-state index in [-0.39, 0.29) is 5.82 Å². The standard InChI is InChI=1S/C17H25FN2/c1-12(13-6-8-14(18)9-7-13)20-16-4-3-5-17(20)11-15(10-16)19-2/h6-9,12,15-17,19H,3-5,10-11H2,1-2H3. The summed E-state index contributed by atoms with van der Waals surface area (Å²) >= 11 is 0. The molecule has 0 radical (unpaired) electrons. The number of nitrogens with zero attached hydrogens (tertiary/aromatic N) is 1. The molecular weight excluding hydrogens is 251 g/mol. The van der Waals surface area contributed by atoms with E-state index in [1.165, 1.54) is 37.7 Å². The SMILES string of the molecule is CNC1CC2CCCC(C1)N2C(C)c1ccc(F)cc1. The number of fused-ring (bicyclic) bond motifs is 2. The summed E-state index contributed by atoms with van der Waals surface area (Å²) in [4.78, 5) is 2.70. The Labute approximate surface area is 121 Å². The zero-order valence-electron chi connectivity index (χ0n) is 12.5. The number of nitrogens with one attached hydrogen (secondary N) is 1. The van der Waals surface area contributed by atoms with Crippen LogP contribution in [0.5, 0.6) is 0 Å². The van der Waals surface area contributed by atoms with Gasteiger partial charge < -0.3 is 5.32 Å². The third-order valence-electron chi connectivity index (χ3n) is 5.24. The topological polar surface area (TPSA) is 15.3 Å². The first-order valence-corrected chi connectivity index (χ1v) is 7.89. The highest BCUT2D eigenvalue weighted by molar-refractivity contribution is 5.20. The van der Waals surface area contributed by atoms with E-state index in [0.29, 0.717) is 24.2 Å². The second kappa shape index (κ2) is 5.82. The van der Waals surface area contributed by atoms with Gasteiger partial charge in [-0.1, -0.05) is 18.6 Å². The van der Waals surface area contributed by atoms with Crippen LogP contribution in [0.3, 0.4) is 0 Å². The number of halogens is 1. The van der Waals surface area contributed by atoms with Gasteiger partial charge >= 0.3 is 0 Å². The largest absolute Gasteiger partial charge is 0.317 e. The second-order valence-electron chi connectivity index (χ2n) is 6.37. The summed E-state index contributed by atoms with van der Waals surface area (Å²) in [7, 11) is 2.08. The molecule has 1 N–H and O–H groups in total. The minimum Gasteiger partial charge on any atom is -0.317 e.